The van der Waals surface area contributed by atoms with Gasteiger partial charge in [0.05, 0.1) is 0 Å². The summed E-state index contributed by atoms with van der Waals surface area (Å²) in [6, 6.07) is 15.5. The van der Waals surface area contributed by atoms with Crippen molar-refractivity contribution in [3.63, 3.8) is 0 Å². The maximum atomic E-state index is 5.74. The van der Waals surface area contributed by atoms with Crippen LogP contribution in [0.2, 0.25) is 0 Å². The predicted molar refractivity (Wildman–Crippen MR) is 76.1 cm³/mol. The zero-order chi connectivity index (χ0) is 13.2. The number of rotatable bonds is 3. The zero-order valence-corrected chi connectivity index (χ0v) is 10.7. The van der Waals surface area contributed by atoms with E-state index in [0.717, 1.165) is 28.2 Å². The third-order valence-corrected chi connectivity index (χ3v) is 2.99. The first-order chi connectivity index (χ1) is 9.20. The maximum Gasteiger partial charge on any atom is 0.146 e. The second-order valence-electron chi connectivity index (χ2n) is 4.61. The number of aryl methyl sites for hydroxylation is 1. The normalized spacial score (nSPS) is 10.8. The lowest BCUT2D eigenvalue weighted by atomic mass is 10.2. The summed E-state index contributed by atoms with van der Waals surface area (Å²) in [4.78, 5) is 0. The molecule has 0 aliphatic rings. The SMILES string of the molecule is Cc1ccc(OCc2cc3cc(N)ccc3o2)cc1. The van der Waals surface area contributed by atoms with Crippen molar-refractivity contribution in [1.82, 2.24) is 0 Å². The highest BCUT2D eigenvalue weighted by Crippen LogP contribution is 2.23. The fourth-order valence-corrected chi connectivity index (χ4v) is 1.98. The molecule has 0 amide bonds. The van der Waals surface area contributed by atoms with Crippen LogP contribution in [0.4, 0.5) is 5.69 Å². The van der Waals surface area contributed by atoms with E-state index in [9.17, 15) is 0 Å². The van der Waals surface area contributed by atoms with Gasteiger partial charge in [-0.1, -0.05) is 17.7 Å². The van der Waals surface area contributed by atoms with Gasteiger partial charge in [-0.25, -0.2) is 0 Å². The number of nitrogen functional groups attached to an aromatic ring is 1. The molecular formula is C16H15NO2. The zero-order valence-electron chi connectivity index (χ0n) is 10.7. The number of benzene rings is 2. The molecule has 2 aromatic carbocycles. The van der Waals surface area contributed by atoms with Crippen molar-refractivity contribution in [2.24, 2.45) is 0 Å². The molecule has 3 heteroatoms. The van der Waals surface area contributed by atoms with Crippen LogP contribution in [0.3, 0.4) is 0 Å². The van der Waals surface area contributed by atoms with E-state index in [1.54, 1.807) is 0 Å². The van der Waals surface area contributed by atoms with Crippen LogP contribution in [-0.4, -0.2) is 0 Å². The Morgan fingerprint density at radius 2 is 1.84 bits per heavy atom. The van der Waals surface area contributed by atoms with Crippen LogP contribution in [-0.2, 0) is 6.61 Å². The Bertz CT molecular complexity index is 698. The van der Waals surface area contributed by atoms with Crippen LogP contribution in [0.1, 0.15) is 11.3 Å². The van der Waals surface area contributed by atoms with Crippen molar-refractivity contribution in [3.8, 4) is 5.75 Å². The van der Waals surface area contributed by atoms with E-state index in [-0.39, 0.29) is 0 Å². The molecule has 96 valence electrons. The number of fused-ring (bicyclic) bond motifs is 1. The molecule has 3 rings (SSSR count). The van der Waals surface area contributed by atoms with Crippen LogP contribution in [0.25, 0.3) is 11.0 Å². The molecule has 2 N–H and O–H groups in total. The van der Waals surface area contributed by atoms with E-state index in [4.69, 9.17) is 14.9 Å². The average Bonchev–Trinajstić information content (AvgIpc) is 2.80. The van der Waals surface area contributed by atoms with E-state index < -0.39 is 0 Å². The summed E-state index contributed by atoms with van der Waals surface area (Å²) in [5.41, 5.74) is 8.52. The lowest BCUT2D eigenvalue weighted by molar-refractivity contribution is 0.274. The molecule has 0 saturated heterocycles. The van der Waals surface area contributed by atoms with Gasteiger partial charge < -0.3 is 14.9 Å². The number of hydrogen-bond acceptors (Lipinski definition) is 3. The summed E-state index contributed by atoms with van der Waals surface area (Å²) < 4.78 is 11.4. The summed E-state index contributed by atoms with van der Waals surface area (Å²) in [7, 11) is 0. The van der Waals surface area contributed by atoms with Crippen LogP contribution >= 0.6 is 0 Å². The highest BCUT2D eigenvalue weighted by molar-refractivity contribution is 5.81. The van der Waals surface area contributed by atoms with Crippen molar-refractivity contribution in [1.29, 1.82) is 0 Å². The molecule has 0 unspecified atom stereocenters. The van der Waals surface area contributed by atoms with Gasteiger partial charge in [-0.05, 0) is 43.3 Å². The van der Waals surface area contributed by atoms with Gasteiger partial charge in [-0.15, -0.1) is 0 Å². The molecule has 0 bridgehead atoms. The molecule has 19 heavy (non-hydrogen) atoms. The molecule has 0 aliphatic heterocycles. The van der Waals surface area contributed by atoms with E-state index >= 15 is 0 Å². The largest absolute Gasteiger partial charge is 0.486 e. The maximum absolute atomic E-state index is 5.74. The highest BCUT2D eigenvalue weighted by atomic mass is 16.5. The number of ether oxygens (including phenoxy) is 1. The van der Waals surface area contributed by atoms with Crippen LogP contribution in [0.15, 0.2) is 52.9 Å². The number of anilines is 1. The van der Waals surface area contributed by atoms with Gasteiger partial charge in [0.15, 0.2) is 0 Å². The summed E-state index contributed by atoms with van der Waals surface area (Å²) in [5.74, 6) is 1.63. The summed E-state index contributed by atoms with van der Waals surface area (Å²) >= 11 is 0. The fourth-order valence-electron chi connectivity index (χ4n) is 1.98. The first-order valence-corrected chi connectivity index (χ1v) is 6.18. The molecule has 1 heterocycles. The number of hydrogen-bond donors (Lipinski definition) is 1. The van der Waals surface area contributed by atoms with E-state index in [1.165, 1.54) is 5.56 Å². The predicted octanol–water partition coefficient (Wildman–Crippen LogP) is 3.90. The Morgan fingerprint density at radius 3 is 2.63 bits per heavy atom. The van der Waals surface area contributed by atoms with Gasteiger partial charge in [-0.2, -0.15) is 0 Å². The van der Waals surface area contributed by atoms with Gasteiger partial charge >= 0.3 is 0 Å². The Labute approximate surface area is 111 Å². The minimum Gasteiger partial charge on any atom is -0.486 e. The average molecular weight is 253 g/mol. The number of nitrogens with two attached hydrogens (primary N) is 1. The van der Waals surface area contributed by atoms with E-state index in [0.29, 0.717) is 6.61 Å². The minimum atomic E-state index is 0.414. The van der Waals surface area contributed by atoms with Crippen LogP contribution in [0, 0.1) is 6.92 Å². The topological polar surface area (TPSA) is 48.4 Å². The third kappa shape index (κ3) is 2.55. The summed E-state index contributed by atoms with van der Waals surface area (Å²) in [6.45, 7) is 2.46. The molecule has 1 aromatic heterocycles. The lowest BCUT2D eigenvalue weighted by Crippen LogP contribution is -1.93. The van der Waals surface area contributed by atoms with Crippen LogP contribution < -0.4 is 10.5 Å². The molecule has 0 spiro atoms. The highest BCUT2D eigenvalue weighted by Gasteiger charge is 2.04. The molecule has 3 nitrogen and oxygen atoms in total. The Balaban J connectivity index is 1.76. The molecule has 0 radical (unpaired) electrons. The Kier molecular flexibility index (Phi) is 2.88. The minimum absolute atomic E-state index is 0.414. The van der Waals surface area contributed by atoms with E-state index in [2.05, 4.69) is 0 Å². The first kappa shape index (κ1) is 11.7. The summed E-state index contributed by atoms with van der Waals surface area (Å²) in [6.07, 6.45) is 0. The van der Waals surface area contributed by atoms with Gasteiger partial charge in [0, 0.05) is 11.1 Å². The number of furan rings is 1. The van der Waals surface area contributed by atoms with Crippen molar-refractivity contribution in [2.45, 2.75) is 13.5 Å². The van der Waals surface area contributed by atoms with Crippen molar-refractivity contribution < 1.29 is 9.15 Å². The molecular weight excluding hydrogens is 238 g/mol. The quantitative estimate of drug-likeness (QED) is 0.720. The molecule has 0 fully saturated rings. The standard InChI is InChI=1S/C16H15NO2/c1-11-2-5-14(6-3-11)18-10-15-9-12-8-13(17)4-7-16(12)19-15/h2-9H,10,17H2,1H3. The molecule has 0 saturated carbocycles. The molecule has 0 atom stereocenters. The van der Waals surface area contributed by atoms with Crippen molar-refractivity contribution in [2.75, 3.05) is 5.73 Å². The van der Waals surface area contributed by atoms with Gasteiger partial charge in [0.2, 0.25) is 0 Å². The van der Waals surface area contributed by atoms with Gasteiger partial charge in [-0.3, -0.25) is 0 Å². The van der Waals surface area contributed by atoms with Crippen molar-refractivity contribution in [3.05, 3.63) is 59.9 Å². The monoisotopic (exact) mass is 253 g/mol. The second kappa shape index (κ2) is 4.69. The van der Waals surface area contributed by atoms with Crippen molar-refractivity contribution >= 4 is 16.7 Å². The molecule has 3 aromatic rings. The van der Waals surface area contributed by atoms with E-state index in [1.807, 2.05) is 55.5 Å². The summed E-state index contributed by atoms with van der Waals surface area (Å²) in [5, 5.41) is 1.00. The third-order valence-electron chi connectivity index (χ3n) is 2.99. The fraction of sp³-hybridized carbons (Fsp3) is 0.125. The Hall–Kier alpha value is -2.42. The van der Waals surface area contributed by atoms with Gasteiger partial charge in [0.25, 0.3) is 0 Å². The van der Waals surface area contributed by atoms with Gasteiger partial charge in [0.1, 0.15) is 23.7 Å². The lowest BCUT2D eigenvalue weighted by Gasteiger charge is -2.03. The van der Waals surface area contributed by atoms with Crippen LogP contribution in [0.5, 0.6) is 5.75 Å². The smallest absolute Gasteiger partial charge is 0.146 e. The Morgan fingerprint density at radius 1 is 1.05 bits per heavy atom. The molecule has 0 aliphatic carbocycles. The first-order valence-electron chi connectivity index (χ1n) is 6.18. The second-order valence-corrected chi connectivity index (χ2v) is 4.61.